The van der Waals surface area contributed by atoms with Crippen molar-refractivity contribution >= 4 is 44.8 Å². The van der Waals surface area contributed by atoms with Gasteiger partial charge in [0.05, 0.1) is 15.6 Å². The van der Waals surface area contributed by atoms with Gasteiger partial charge in [0.2, 0.25) is 0 Å². The van der Waals surface area contributed by atoms with Crippen LogP contribution in [0.2, 0.25) is 10.0 Å². The van der Waals surface area contributed by atoms with Gasteiger partial charge >= 0.3 is 0 Å². The first kappa shape index (κ1) is 18.5. The number of carbonyl (C=O) groups excluding carboxylic acids is 1. The number of halogens is 3. The van der Waals surface area contributed by atoms with Crippen LogP contribution in [-0.2, 0) is 14.8 Å². The van der Waals surface area contributed by atoms with Crippen LogP contribution in [0, 0.1) is 5.82 Å². The van der Waals surface area contributed by atoms with Gasteiger partial charge in [-0.1, -0.05) is 23.2 Å². The van der Waals surface area contributed by atoms with E-state index in [1.165, 1.54) is 30.3 Å². The highest BCUT2D eigenvalue weighted by Crippen LogP contribution is 2.28. The zero-order chi connectivity index (χ0) is 17.9. The van der Waals surface area contributed by atoms with E-state index in [-0.39, 0.29) is 15.6 Å². The number of sulfonamides is 1. The standard InChI is InChI=1S/C14H12Cl2FN3O3S/c15-9-1-4-11(5-2-9)24(22,23)20(8-14(21)19-18)10-3-6-13(17)12(16)7-10/h1-7H,8,18H2,(H,19,21). The summed E-state index contributed by atoms with van der Waals surface area (Å²) < 4.78 is 39.7. The minimum atomic E-state index is -4.13. The van der Waals surface area contributed by atoms with Gasteiger partial charge in [0.1, 0.15) is 12.4 Å². The van der Waals surface area contributed by atoms with Gasteiger partial charge in [-0.15, -0.1) is 0 Å². The maximum atomic E-state index is 13.3. The quantitative estimate of drug-likeness (QED) is 0.464. The number of nitrogens with two attached hydrogens (primary N) is 1. The van der Waals surface area contributed by atoms with Crippen LogP contribution >= 0.6 is 23.2 Å². The summed E-state index contributed by atoms with van der Waals surface area (Å²) in [6, 6.07) is 8.67. The van der Waals surface area contributed by atoms with Gasteiger partial charge in [0, 0.05) is 5.02 Å². The van der Waals surface area contributed by atoms with E-state index in [1.807, 2.05) is 5.43 Å². The third kappa shape index (κ3) is 3.96. The molecule has 0 atom stereocenters. The van der Waals surface area contributed by atoms with E-state index in [0.29, 0.717) is 5.02 Å². The Morgan fingerprint density at radius 1 is 1.17 bits per heavy atom. The zero-order valence-corrected chi connectivity index (χ0v) is 14.4. The molecule has 2 aromatic carbocycles. The number of nitrogens with zero attached hydrogens (tertiary/aromatic N) is 1. The van der Waals surface area contributed by atoms with Crippen molar-refractivity contribution in [2.45, 2.75) is 4.90 Å². The molecule has 0 heterocycles. The van der Waals surface area contributed by atoms with E-state index < -0.39 is 28.3 Å². The van der Waals surface area contributed by atoms with E-state index in [1.54, 1.807) is 0 Å². The molecule has 0 aliphatic heterocycles. The first-order valence-electron chi connectivity index (χ1n) is 6.48. The highest BCUT2D eigenvalue weighted by atomic mass is 35.5. The van der Waals surface area contributed by atoms with Gasteiger partial charge in [-0.2, -0.15) is 0 Å². The average molecular weight is 392 g/mol. The molecule has 0 saturated carbocycles. The van der Waals surface area contributed by atoms with Crippen LogP contribution in [0.3, 0.4) is 0 Å². The molecule has 0 aliphatic carbocycles. The lowest BCUT2D eigenvalue weighted by molar-refractivity contribution is -0.119. The van der Waals surface area contributed by atoms with E-state index in [4.69, 9.17) is 29.0 Å². The van der Waals surface area contributed by atoms with Crippen molar-refractivity contribution in [2.75, 3.05) is 10.8 Å². The molecule has 6 nitrogen and oxygen atoms in total. The molecular weight excluding hydrogens is 380 g/mol. The summed E-state index contributed by atoms with van der Waals surface area (Å²) in [6.45, 7) is -0.608. The molecule has 0 spiro atoms. The van der Waals surface area contributed by atoms with Gasteiger partial charge in [0.25, 0.3) is 15.9 Å². The first-order valence-corrected chi connectivity index (χ1v) is 8.68. The van der Waals surface area contributed by atoms with Gasteiger partial charge in [0.15, 0.2) is 0 Å². The molecular formula is C14H12Cl2FN3O3S. The van der Waals surface area contributed by atoms with Crippen molar-refractivity contribution in [1.29, 1.82) is 0 Å². The predicted molar refractivity (Wildman–Crippen MR) is 89.7 cm³/mol. The topological polar surface area (TPSA) is 92.5 Å². The fraction of sp³-hybridized carbons (Fsp3) is 0.0714. The summed E-state index contributed by atoms with van der Waals surface area (Å²) in [4.78, 5) is 11.5. The van der Waals surface area contributed by atoms with Gasteiger partial charge < -0.3 is 0 Å². The number of benzene rings is 2. The maximum absolute atomic E-state index is 13.3. The van der Waals surface area contributed by atoms with Crippen molar-refractivity contribution in [1.82, 2.24) is 5.43 Å². The van der Waals surface area contributed by atoms with Crippen LogP contribution in [0.15, 0.2) is 47.4 Å². The Morgan fingerprint density at radius 2 is 1.79 bits per heavy atom. The summed E-state index contributed by atoms with van der Waals surface area (Å²) in [5.41, 5.74) is 1.86. The van der Waals surface area contributed by atoms with Gasteiger partial charge in [-0.3, -0.25) is 14.5 Å². The number of carbonyl (C=O) groups is 1. The average Bonchev–Trinajstić information content (AvgIpc) is 2.55. The number of rotatable bonds is 5. The van der Waals surface area contributed by atoms with Crippen LogP contribution in [-0.4, -0.2) is 20.9 Å². The molecule has 24 heavy (non-hydrogen) atoms. The monoisotopic (exact) mass is 391 g/mol. The van der Waals surface area contributed by atoms with Crippen molar-refractivity contribution in [2.24, 2.45) is 5.84 Å². The summed E-state index contributed by atoms with van der Waals surface area (Å²) >= 11 is 11.5. The molecule has 0 fully saturated rings. The highest BCUT2D eigenvalue weighted by molar-refractivity contribution is 7.92. The second kappa shape index (κ2) is 7.35. The summed E-state index contributed by atoms with van der Waals surface area (Å²) in [5.74, 6) is 3.56. The number of hydrazine groups is 1. The lowest BCUT2D eigenvalue weighted by Crippen LogP contribution is -2.43. The van der Waals surface area contributed by atoms with Crippen molar-refractivity contribution < 1.29 is 17.6 Å². The van der Waals surface area contributed by atoms with E-state index in [2.05, 4.69) is 0 Å². The smallest absolute Gasteiger partial charge is 0.264 e. The van der Waals surface area contributed by atoms with Gasteiger partial charge in [-0.05, 0) is 42.5 Å². The molecule has 0 unspecified atom stereocenters. The number of hydrogen-bond acceptors (Lipinski definition) is 4. The first-order chi connectivity index (χ1) is 11.3. The normalized spacial score (nSPS) is 11.2. The number of amides is 1. The van der Waals surface area contributed by atoms with Gasteiger partial charge in [-0.25, -0.2) is 18.7 Å². The molecule has 0 saturated heterocycles. The Bertz CT molecular complexity index is 860. The Hall–Kier alpha value is -1.87. The molecule has 0 aliphatic rings. The van der Waals surface area contributed by atoms with Crippen LogP contribution in [0.5, 0.6) is 0 Å². The lowest BCUT2D eigenvalue weighted by Gasteiger charge is -2.24. The van der Waals surface area contributed by atoms with Crippen molar-refractivity contribution in [3.63, 3.8) is 0 Å². The Labute approximate surface area is 148 Å². The van der Waals surface area contributed by atoms with E-state index in [9.17, 15) is 17.6 Å². The predicted octanol–water partition coefficient (Wildman–Crippen LogP) is 2.32. The Morgan fingerprint density at radius 3 is 2.33 bits per heavy atom. The SMILES string of the molecule is NNC(=O)CN(c1ccc(F)c(Cl)c1)S(=O)(=O)c1ccc(Cl)cc1. The highest BCUT2D eigenvalue weighted by Gasteiger charge is 2.27. The Balaban J connectivity index is 2.54. The molecule has 2 aromatic rings. The van der Waals surface area contributed by atoms with Crippen molar-refractivity contribution in [3.8, 4) is 0 Å². The number of anilines is 1. The zero-order valence-electron chi connectivity index (χ0n) is 12.0. The van der Waals surface area contributed by atoms with E-state index >= 15 is 0 Å². The van der Waals surface area contributed by atoms with Crippen LogP contribution in [0.4, 0.5) is 10.1 Å². The third-order valence-electron chi connectivity index (χ3n) is 3.04. The third-order valence-corrected chi connectivity index (χ3v) is 5.37. The fourth-order valence-corrected chi connectivity index (χ4v) is 3.58. The molecule has 0 radical (unpaired) electrons. The molecule has 0 bridgehead atoms. The van der Waals surface area contributed by atoms with Crippen LogP contribution in [0.1, 0.15) is 0 Å². The minimum Gasteiger partial charge on any atom is -0.293 e. The second-order valence-electron chi connectivity index (χ2n) is 4.63. The largest absolute Gasteiger partial charge is 0.293 e. The minimum absolute atomic E-state index is 0.0138. The molecule has 128 valence electrons. The maximum Gasteiger partial charge on any atom is 0.264 e. The molecule has 2 rings (SSSR count). The molecule has 10 heteroatoms. The van der Waals surface area contributed by atoms with Crippen LogP contribution < -0.4 is 15.6 Å². The summed E-state index contributed by atoms with van der Waals surface area (Å²) in [7, 11) is -4.13. The van der Waals surface area contributed by atoms with Crippen molar-refractivity contribution in [3.05, 3.63) is 58.3 Å². The van der Waals surface area contributed by atoms with Crippen LogP contribution in [0.25, 0.3) is 0 Å². The molecule has 1 amide bonds. The second-order valence-corrected chi connectivity index (χ2v) is 7.34. The fourth-order valence-electron chi connectivity index (χ4n) is 1.87. The summed E-state index contributed by atoms with van der Waals surface area (Å²) in [5, 5.41) is 0.0713. The summed E-state index contributed by atoms with van der Waals surface area (Å²) in [6.07, 6.45) is 0. The van der Waals surface area contributed by atoms with E-state index in [0.717, 1.165) is 16.4 Å². The Kier molecular flexibility index (Phi) is 5.66. The molecule has 3 N–H and O–H groups in total. The lowest BCUT2D eigenvalue weighted by atomic mass is 10.3. The number of nitrogens with one attached hydrogen (secondary N) is 1. The number of hydrogen-bond donors (Lipinski definition) is 2. The molecule has 0 aromatic heterocycles.